The molecule has 0 heterocycles. The standard InChI is InChI=1S/C12H18ClNO2/c1-12(2,3)11(16)9(14)7-5-4-6-8(13)10(7)15/h4-6,9,11,15-16H,14H2,1-3H3/t9-,11-/m1/s1. The minimum Gasteiger partial charge on any atom is -0.506 e. The summed E-state index contributed by atoms with van der Waals surface area (Å²) in [4.78, 5) is 0. The summed E-state index contributed by atoms with van der Waals surface area (Å²) in [5, 5.41) is 20.0. The first-order valence-electron chi connectivity index (χ1n) is 5.16. The number of phenols is 1. The lowest BCUT2D eigenvalue weighted by Gasteiger charge is -2.31. The van der Waals surface area contributed by atoms with Gasteiger partial charge in [0, 0.05) is 5.56 Å². The molecule has 0 radical (unpaired) electrons. The van der Waals surface area contributed by atoms with Crippen molar-refractivity contribution in [3.8, 4) is 5.75 Å². The number of hydrogen-bond donors (Lipinski definition) is 3. The Balaban J connectivity index is 3.06. The third-order valence-electron chi connectivity index (χ3n) is 2.60. The second-order valence-corrected chi connectivity index (χ2v) is 5.42. The van der Waals surface area contributed by atoms with Crippen LogP contribution in [0.2, 0.25) is 5.02 Å². The van der Waals surface area contributed by atoms with Crippen LogP contribution in [0.4, 0.5) is 0 Å². The van der Waals surface area contributed by atoms with Crippen molar-refractivity contribution in [1.82, 2.24) is 0 Å². The van der Waals surface area contributed by atoms with E-state index < -0.39 is 12.1 Å². The fourth-order valence-electron chi connectivity index (χ4n) is 1.51. The van der Waals surface area contributed by atoms with Crippen LogP contribution in [0.15, 0.2) is 18.2 Å². The molecule has 0 saturated carbocycles. The van der Waals surface area contributed by atoms with E-state index >= 15 is 0 Å². The molecule has 0 aromatic heterocycles. The number of nitrogens with two attached hydrogens (primary N) is 1. The van der Waals surface area contributed by atoms with Crippen LogP contribution in [-0.4, -0.2) is 16.3 Å². The predicted octanol–water partition coefficient (Wildman–Crippen LogP) is 2.45. The van der Waals surface area contributed by atoms with Gasteiger partial charge in [0.25, 0.3) is 0 Å². The third-order valence-corrected chi connectivity index (χ3v) is 2.91. The first-order valence-corrected chi connectivity index (χ1v) is 5.54. The van der Waals surface area contributed by atoms with Crippen molar-refractivity contribution in [3.63, 3.8) is 0 Å². The molecule has 4 heteroatoms. The summed E-state index contributed by atoms with van der Waals surface area (Å²) in [5.41, 5.74) is 6.04. The Morgan fingerprint density at radius 2 is 1.88 bits per heavy atom. The highest BCUT2D eigenvalue weighted by molar-refractivity contribution is 6.32. The van der Waals surface area contributed by atoms with Crippen molar-refractivity contribution in [2.45, 2.75) is 32.9 Å². The molecule has 4 N–H and O–H groups in total. The van der Waals surface area contributed by atoms with Crippen molar-refractivity contribution in [1.29, 1.82) is 0 Å². The van der Waals surface area contributed by atoms with Crippen molar-refractivity contribution < 1.29 is 10.2 Å². The third kappa shape index (κ3) is 2.67. The van der Waals surface area contributed by atoms with Crippen LogP contribution in [0.5, 0.6) is 5.75 Å². The summed E-state index contributed by atoms with van der Waals surface area (Å²) in [7, 11) is 0. The van der Waals surface area contributed by atoms with E-state index in [0.717, 1.165) is 0 Å². The van der Waals surface area contributed by atoms with Gasteiger partial charge in [0.1, 0.15) is 5.75 Å². The van der Waals surface area contributed by atoms with Crippen molar-refractivity contribution >= 4 is 11.6 Å². The van der Waals surface area contributed by atoms with Gasteiger partial charge in [-0.25, -0.2) is 0 Å². The van der Waals surface area contributed by atoms with Gasteiger partial charge in [0.2, 0.25) is 0 Å². The Kier molecular flexibility index (Phi) is 3.84. The Morgan fingerprint density at radius 3 is 2.38 bits per heavy atom. The normalized spacial score (nSPS) is 15.9. The lowest BCUT2D eigenvalue weighted by molar-refractivity contribution is 0.0395. The Bertz CT molecular complexity index is 374. The highest BCUT2D eigenvalue weighted by atomic mass is 35.5. The highest BCUT2D eigenvalue weighted by Gasteiger charge is 2.30. The minimum atomic E-state index is -0.753. The molecule has 1 rings (SSSR count). The van der Waals surface area contributed by atoms with Crippen molar-refractivity contribution in [3.05, 3.63) is 28.8 Å². The van der Waals surface area contributed by atoms with E-state index in [1.54, 1.807) is 18.2 Å². The second-order valence-electron chi connectivity index (χ2n) is 5.01. The number of aromatic hydroxyl groups is 1. The molecule has 0 fully saturated rings. The average molecular weight is 244 g/mol. The summed E-state index contributed by atoms with van der Waals surface area (Å²) < 4.78 is 0. The Morgan fingerprint density at radius 1 is 1.31 bits per heavy atom. The number of benzene rings is 1. The number of hydrogen-bond acceptors (Lipinski definition) is 3. The first-order chi connectivity index (χ1) is 7.25. The van der Waals surface area contributed by atoms with E-state index in [1.165, 1.54) is 0 Å². The SMILES string of the molecule is CC(C)(C)[C@H](O)[C@H](N)c1cccc(Cl)c1O. The van der Waals surface area contributed by atoms with Crippen LogP contribution in [0.25, 0.3) is 0 Å². The summed E-state index contributed by atoms with van der Waals surface area (Å²) in [6, 6.07) is 4.29. The zero-order valence-electron chi connectivity index (χ0n) is 9.74. The Labute approximate surface area is 101 Å². The predicted molar refractivity (Wildman–Crippen MR) is 65.5 cm³/mol. The zero-order valence-corrected chi connectivity index (χ0v) is 10.5. The zero-order chi connectivity index (χ0) is 12.5. The van der Waals surface area contributed by atoms with E-state index in [4.69, 9.17) is 17.3 Å². The molecule has 0 aliphatic rings. The van der Waals surface area contributed by atoms with Crippen LogP contribution in [0.3, 0.4) is 0 Å². The van der Waals surface area contributed by atoms with Crippen LogP contribution in [0, 0.1) is 5.41 Å². The highest BCUT2D eigenvalue weighted by Crippen LogP contribution is 2.35. The maximum Gasteiger partial charge on any atom is 0.139 e. The maximum absolute atomic E-state index is 10.0. The number of aliphatic hydroxyl groups is 1. The largest absolute Gasteiger partial charge is 0.506 e. The average Bonchev–Trinajstić information content (AvgIpc) is 2.18. The molecule has 0 bridgehead atoms. The van der Waals surface area contributed by atoms with Crippen LogP contribution < -0.4 is 5.73 Å². The van der Waals surface area contributed by atoms with Crippen LogP contribution >= 0.6 is 11.6 Å². The molecule has 0 spiro atoms. The number of halogens is 1. The lowest BCUT2D eigenvalue weighted by Crippen LogP contribution is -2.37. The molecular formula is C12H18ClNO2. The molecule has 90 valence electrons. The molecule has 3 nitrogen and oxygen atoms in total. The number of phenolic OH excluding ortho intramolecular Hbond substituents is 1. The minimum absolute atomic E-state index is 0.0556. The number of rotatable bonds is 2. The van der Waals surface area contributed by atoms with Gasteiger partial charge in [0.15, 0.2) is 0 Å². The van der Waals surface area contributed by atoms with E-state index in [2.05, 4.69) is 0 Å². The van der Waals surface area contributed by atoms with Gasteiger partial charge in [0.05, 0.1) is 17.2 Å². The summed E-state index contributed by atoms with van der Waals surface area (Å²) in [6.07, 6.45) is -0.753. The van der Waals surface area contributed by atoms with Gasteiger partial charge in [-0.05, 0) is 11.5 Å². The topological polar surface area (TPSA) is 66.5 Å². The molecule has 0 aliphatic heterocycles. The number of para-hydroxylation sites is 1. The van der Waals surface area contributed by atoms with Crippen molar-refractivity contribution in [2.24, 2.45) is 11.1 Å². The summed E-state index contributed by atoms with van der Waals surface area (Å²) in [6.45, 7) is 5.66. The van der Waals surface area contributed by atoms with E-state index in [1.807, 2.05) is 20.8 Å². The fourth-order valence-corrected chi connectivity index (χ4v) is 1.69. The lowest BCUT2D eigenvalue weighted by atomic mass is 9.82. The summed E-state index contributed by atoms with van der Waals surface area (Å²) in [5.74, 6) is -0.0556. The number of aliphatic hydroxyl groups excluding tert-OH is 1. The molecule has 0 amide bonds. The van der Waals surface area contributed by atoms with Gasteiger partial charge < -0.3 is 15.9 Å². The molecule has 0 aliphatic carbocycles. The molecule has 2 atom stereocenters. The van der Waals surface area contributed by atoms with Gasteiger partial charge in [-0.3, -0.25) is 0 Å². The smallest absolute Gasteiger partial charge is 0.139 e. The molecular weight excluding hydrogens is 226 g/mol. The quantitative estimate of drug-likeness (QED) is 0.748. The second kappa shape index (κ2) is 4.62. The van der Waals surface area contributed by atoms with Crippen LogP contribution in [-0.2, 0) is 0 Å². The molecule has 1 aromatic rings. The molecule has 1 aromatic carbocycles. The van der Waals surface area contributed by atoms with Crippen molar-refractivity contribution in [2.75, 3.05) is 0 Å². The van der Waals surface area contributed by atoms with E-state index in [0.29, 0.717) is 5.56 Å². The fraction of sp³-hybridized carbons (Fsp3) is 0.500. The van der Waals surface area contributed by atoms with Gasteiger partial charge in [-0.15, -0.1) is 0 Å². The molecule has 16 heavy (non-hydrogen) atoms. The monoisotopic (exact) mass is 243 g/mol. The molecule has 0 unspecified atom stereocenters. The maximum atomic E-state index is 10.0. The summed E-state index contributed by atoms with van der Waals surface area (Å²) >= 11 is 5.79. The van der Waals surface area contributed by atoms with E-state index in [9.17, 15) is 10.2 Å². The van der Waals surface area contributed by atoms with Gasteiger partial charge in [-0.1, -0.05) is 44.5 Å². The van der Waals surface area contributed by atoms with Gasteiger partial charge >= 0.3 is 0 Å². The van der Waals surface area contributed by atoms with Gasteiger partial charge in [-0.2, -0.15) is 0 Å². The Hall–Kier alpha value is -0.770. The van der Waals surface area contributed by atoms with E-state index in [-0.39, 0.29) is 16.2 Å². The molecule has 0 saturated heterocycles. The first kappa shape index (κ1) is 13.3. The van der Waals surface area contributed by atoms with Crippen LogP contribution in [0.1, 0.15) is 32.4 Å².